The van der Waals surface area contributed by atoms with Crippen molar-refractivity contribution in [3.63, 3.8) is 0 Å². The van der Waals surface area contributed by atoms with E-state index in [1.165, 1.54) is 12.1 Å². The van der Waals surface area contributed by atoms with Gasteiger partial charge in [-0.2, -0.15) is 0 Å². The molecule has 1 aromatic rings. The average Bonchev–Trinajstić information content (AvgIpc) is 2.37. The zero-order valence-electron chi connectivity index (χ0n) is 11.0. The lowest BCUT2D eigenvalue weighted by atomic mass is 10.0. The number of sulfonamides is 1. The molecule has 0 radical (unpaired) electrons. The first-order valence-corrected chi connectivity index (χ1v) is 8.21. The Bertz CT molecular complexity index is 467. The van der Waals surface area contributed by atoms with Gasteiger partial charge in [-0.05, 0) is 43.0 Å². The molecule has 0 aliphatic rings. The summed E-state index contributed by atoms with van der Waals surface area (Å²) in [7, 11) is -3.50. The number of halogens is 1. The third kappa shape index (κ3) is 5.48. The number of hydrogen-bond acceptors (Lipinski definition) is 3. The van der Waals surface area contributed by atoms with Gasteiger partial charge in [0.2, 0.25) is 10.0 Å². The third-order valence-electron chi connectivity index (χ3n) is 2.92. The first kappa shape index (κ1) is 16.4. The lowest BCUT2D eigenvalue weighted by molar-refractivity contribution is 0.251. The molecule has 1 aromatic carbocycles. The highest BCUT2D eigenvalue weighted by molar-refractivity contribution is 7.89. The summed E-state index contributed by atoms with van der Waals surface area (Å²) in [6.07, 6.45) is 2.47. The van der Waals surface area contributed by atoms with Crippen LogP contribution in [0.1, 0.15) is 26.2 Å². The van der Waals surface area contributed by atoms with Crippen LogP contribution in [0.15, 0.2) is 29.2 Å². The zero-order chi connectivity index (χ0) is 14.3. The summed E-state index contributed by atoms with van der Waals surface area (Å²) in [6.45, 7) is 2.46. The van der Waals surface area contributed by atoms with Crippen LogP contribution in [0.5, 0.6) is 0 Å². The Balaban J connectivity index is 2.66. The molecule has 0 amide bonds. The fourth-order valence-electron chi connectivity index (χ4n) is 1.86. The molecule has 0 saturated carbocycles. The van der Waals surface area contributed by atoms with E-state index in [4.69, 9.17) is 16.7 Å². The second-order valence-electron chi connectivity index (χ2n) is 4.47. The van der Waals surface area contributed by atoms with Crippen LogP contribution < -0.4 is 4.72 Å². The lowest BCUT2D eigenvalue weighted by Crippen LogP contribution is -2.29. The van der Waals surface area contributed by atoms with Crippen molar-refractivity contribution in [2.24, 2.45) is 5.92 Å². The van der Waals surface area contributed by atoms with Gasteiger partial charge in [-0.1, -0.05) is 24.9 Å². The highest BCUT2D eigenvalue weighted by Crippen LogP contribution is 2.15. The van der Waals surface area contributed by atoms with E-state index in [1.807, 2.05) is 6.92 Å². The third-order valence-corrected chi connectivity index (χ3v) is 4.61. The molecule has 1 rings (SSSR count). The van der Waals surface area contributed by atoms with Crippen molar-refractivity contribution >= 4 is 21.6 Å². The molecule has 0 aliphatic carbocycles. The minimum absolute atomic E-state index is 0.0767. The molecule has 0 bridgehead atoms. The van der Waals surface area contributed by atoms with Crippen molar-refractivity contribution in [3.05, 3.63) is 29.3 Å². The number of rotatable bonds is 8. The molecule has 19 heavy (non-hydrogen) atoms. The van der Waals surface area contributed by atoms with Gasteiger partial charge in [-0.25, -0.2) is 13.1 Å². The van der Waals surface area contributed by atoms with Crippen LogP contribution in [0.2, 0.25) is 5.02 Å². The smallest absolute Gasteiger partial charge is 0.240 e. The number of nitrogens with one attached hydrogen (secondary N) is 1. The molecule has 108 valence electrons. The van der Waals surface area contributed by atoms with E-state index in [9.17, 15) is 8.42 Å². The predicted octanol–water partition coefficient (Wildman–Crippen LogP) is 2.42. The van der Waals surface area contributed by atoms with Gasteiger partial charge >= 0.3 is 0 Å². The summed E-state index contributed by atoms with van der Waals surface area (Å²) < 4.78 is 26.7. The van der Waals surface area contributed by atoms with Crippen molar-refractivity contribution in [2.45, 2.75) is 31.1 Å². The van der Waals surface area contributed by atoms with Crippen molar-refractivity contribution in [1.82, 2.24) is 4.72 Å². The largest absolute Gasteiger partial charge is 0.396 e. The molecule has 0 fully saturated rings. The summed E-state index contributed by atoms with van der Waals surface area (Å²) >= 11 is 5.73. The van der Waals surface area contributed by atoms with E-state index in [0.717, 1.165) is 12.8 Å². The SMILES string of the molecule is CCCC(CCO)CNS(=O)(=O)c1ccc(Cl)cc1. The van der Waals surface area contributed by atoms with Crippen LogP contribution in [0, 0.1) is 5.92 Å². The minimum Gasteiger partial charge on any atom is -0.396 e. The number of aliphatic hydroxyl groups is 1. The molecule has 0 heterocycles. The fourth-order valence-corrected chi connectivity index (χ4v) is 3.11. The summed E-state index contributed by atoms with van der Waals surface area (Å²) in [4.78, 5) is 0.205. The number of benzene rings is 1. The molecule has 0 aliphatic heterocycles. The normalized spacial score (nSPS) is 13.4. The standard InChI is InChI=1S/C13H20ClNO3S/c1-2-3-11(8-9-16)10-15-19(17,18)13-6-4-12(14)5-7-13/h4-7,11,15-16H,2-3,8-10H2,1H3. The quantitative estimate of drug-likeness (QED) is 0.775. The van der Waals surface area contributed by atoms with Gasteiger partial charge in [0.1, 0.15) is 0 Å². The fraction of sp³-hybridized carbons (Fsp3) is 0.538. The van der Waals surface area contributed by atoms with E-state index in [1.54, 1.807) is 12.1 Å². The van der Waals surface area contributed by atoms with Crippen LogP contribution in [0.3, 0.4) is 0 Å². The summed E-state index contributed by atoms with van der Waals surface area (Å²) in [5, 5.41) is 9.45. The summed E-state index contributed by atoms with van der Waals surface area (Å²) in [6, 6.07) is 6.05. The molecule has 1 unspecified atom stereocenters. The van der Waals surface area contributed by atoms with E-state index >= 15 is 0 Å². The molecule has 0 spiro atoms. The van der Waals surface area contributed by atoms with Gasteiger partial charge in [0.25, 0.3) is 0 Å². The van der Waals surface area contributed by atoms with Crippen LogP contribution >= 0.6 is 11.6 Å². The van der Waals surface area contributed by atoms with E-state index in [-0.39, 0.29) is 17.4 Å². The predicted molar refractivity (Wildman–Crippen MR) is 76.7 cm³/mol. The lowest BCUT2D eigenvalue weighted by Gasteiger charge is -2.15. The zero-order valence-corrected chi connectivity index (χ0v) is 12.5. The van der Waals surface area contributed by atoms with Gasteiger partial charge in [0.05, 0.1) is 4.90 Å². The Labute approximate surface area is 119 Å². The first-order chi connectivity index (χ1) is 8.99. The van der Waals surface area contributed by atoms with Crippen molar-refractivity contribution < 1.29 is 13.5 Å². The van der Waals surface area contributed by atoms with Gasteiger partial charge in [0.15, 0.2) is 0 Å². The Morgan fingerprint density at radius 1 is 1.26 bits per heavy atom. The van der Waals surface area contributed by atoms with Gasteiger partial charge in [0, 0.05) is 18.2 Å². The molecule has 1 atom stereocenters. The van der Waals surface area contributed by atoms with E-state index in [2.05, 4.69) is 4.72 Å². The van der Waals surface area contributed by atoms with Crippen LogP contribution in [-0.4, -0.2) is 26.7 Å². The van der Waals surface area contributed by atoms with Crippen molar-refractivity contribution in [1.29, 1.82) is 0 Å². The molecule has 0 saturated heterocycles. The number of aliphatic hydroxyl groups excluding tert-OH is 1. The monoisotopic (exact) mass is 305 g/mol. The van der Waals surface area contributed by atoms with Crippen LogP contribution in [-0.2, 0) is 10.0 Å². The second kappa shape index (κ2) is 7.85. The van der Waals surface area contributed by atoms with Crippen LogP contribution in [0.25, 0.3) is 0 Å². The topological polar surface area (TPSA) is 66.4 Å². The molecule has 2 N–H and O–H groups in total. The van der Waals surface area contributed by atoms with Gasteiger partial charge in [-0.15, -0.1) is 0 Å². The Morgan fingerprint density at radius 3 is 2.42 bits per heavy atom. The summed E-state index contributed by atoms with van der Waals surface area (Å²) in [5.41, 5.74) is 0. The molecule has 0 aromatic heterocycles. The number of hydrogen-bond donors (Lipinski definition) is 2. The molecular formula is C13H20ClNO3S. The van der Waals surface area contributed by atoms with E-state index in [0.29, 0.717) is 18.0 Å². The Morgan fingerprint density at radius 2 is 1.89 bits per heavy atom. The highest BCUT2D eigenvalue weighted by atomic mass is 35.5. The molecule has 6 heteroatoms. The van der Waals surface area contributed by atoms with Crippen molar-refractivity contribution in [2.75, 3.05) is 13.2 Å². The first-order valence-electron chi connectivity index (χ1n) is 6.35. The van der Waals surface area contributed by atoms with Crippen LogP contribution in [0.4, 0.5) is 0 Å². The highest BCUT2D eigenvalue weighted by Gasteiger charge is 2.16. The second-order valence-corrected chi connectivity index (χ2v) is 6.68. The maximum atomic E-state index is 12.0. The maximum absolute atomic E-state index is 12.0. The van der Waals surface area contributed by atoms with Crippen molar-refractivity contribution in [3.8, 4) is 0 Å². The summed E-state index contributed by atoms with van der Waals surface area (Å²) in [5.74, 6) is 0.164. The molecule has 4 nitrogen and oxygen atoms in total. The minimum atomic E-state index is -3.50. The Hall–Kier alpha value is -0.620. The van der Waals surface area contributed by atoms with Gasteiger partial charge < -0.3 is 5.11 Å². The maximum Gasteiger partial charge on any atom is 0.240 e. The molecular weight excluding hydrogens is 286 g/mol. The van der Waals surface area contributed by atoms with Gasteiger partial charge in [-0.3, -0.25) is 0 Å². The van der Waals surface area contributed by atoms with E-state index < -0.39 is 10.0 Å². The average molecular weight is 306 g/mol. The Kier molecular flexibility index (Phi) is 6.79.